The van der Waals surface area contributed by atoms with E-state index in [-0.39, 0.29) is 5.97 Å². The van der Waals surface area contributed by atoms with E-state index in [0.717, 1.165) is 29.8 Å². The van der Waals surface area contributed by atoms with E-state index in [4.69, 9.17) is 4.74 Å². The third-order valence-corrected chi connectivity index (χ3v) is 3.76. The smallest absolute Gasteiger partial charge is 0.338 e. The van der Waals surface area contributed by atoms with Crippen molar-refractivity contribution in [3.8, 4) is 0 Å². The van der Waals surface area contributed by atoms with Gasteiger partial charge in [0.2, 0.25) is 0 Å². The first-order valence-corrected chi connectivity index (χ1v) is 6.53. The summed E-state index contributed by atoms with van der Waals surface area (Å²) in [5.74, 6) is 0.386. The number of hydrogen-bond donors (Lipinski definition) is 1. The quantitative estimate of drug-likeness (QED) is 0.816. The van der Waals surface area contributed by atoms with Crippen LogP contribution in [0.5, 0.6) is 0 Å². The lowest BCUT2D eigenvalue weighted by molar-refractivity contribution is 0.0599. The molecular formula is C15H21NO2. The Morgan fingerprint density at radius 2 is 1.78 bits per heavy atom. The molecule has 1 aliphatic heterocycles. The monoisotopic (exact) mass is 247 g/mol. The fourth-order valence-corrected chi connectivity index (χ4v) is 2.81. The summed E-state index contributed by atoms with van der Waals surface area (Å²) in [6.07, 6.45) is 2.35. The highest BCUT2D eigenvalue weighted by molar-refractivity contribution is 5.92. The second-order valence-electron chi connectivity index (χ2n) is 5.05. The minimum atomic E-state index is -0.234. The van der Waals surface area contributed by atoms with Crippen LogP contribution < -0.4 is 5.32 Å². The normalized spacial score (nSPS) is 16.6. The summed E-state index contributed by atoms with van der Waals surface area (Å²) in [7, 11) is 1.43. The lowest BCUT2D eigenvalue weighted by Crippen LogP contribution is -2.26. The van der Waals surface area contributed by atoms with Gasteiger partial charge in [0.25, 0.3) is 0 Å². The third-order valence-electron chi connectivity index (χ3n) is 3.76. The topological polar surface area (TPSA) is 38.3 Å². The van der Waals surface area contributed by atoms with Crippen molar-refractivity contribution in [2.75, 3.05) is 20.2 Å². The Hall–Kier alpha value is -1.35. The number of nitrogens with one attached hydrogen (secondary N) is 1. The molecule has 0 atom stereocenters. The molecule has 0 aromatic heterocycles. The zero-order valence-electron chi connectivity index (χ0n) is 11.4. The molecule has 3 heteroatoms. The number of aryl methyl sites for hydroxylation is 2. The van der Waals surface area contributed by atoms with Crippen molar-refractivity contribution in [1.29, 1.82) is 0 Å². The Labute approximate surface area is 109 Å². The van der Waals surface area contributed by atoms with Gasteiger partial charge < -0.3 is 10.1 Å². The molecule has 0 spiro atoms. The minimum absolute atomic E-state index is 0.234. The molecule has 1 saturated heterocycles. The van der Waals surface area contributed by atoms with Gasteiger partial charge in [-0.15, -0.1) is 0 Å². The Morgan fingerprint density at radius 1 is 1.22 bits per heavy atom. The van der Waals surface area contributed by atoms with E-state index in [1.807, 2.05) is 13.8 Å². The number of esters is 1. The van der Waals surface area contributed by atoms with Crippen molar-refractivity contribution < 1.29 is 9.53 Å². The van der Waals surface area contributed by atoms with Gasteiger partial charge in [0.05, 0.1) is 12.7 Å². The molecule has 0 aliphatic carbocycles. The van der Waals surface area contributed by atoms with Crippen LogP contribution in [0.3, 0.4) is 0 Å². The summed E-state index contributed by atoms with van der Waals surface area (Å²) in [4.78, 5) is 11.7. The average molecular weight is 247 g/mol. The first-order valence-electron chi connectivity index (χ1n) is 6.53. The molecule has 0 unspecified atom stereocenters. The second kappa shape index (κ2) is 5.53. The first-order chi connectivity index (χ1) is 8.63. The Kier molecular flexibility index (Phi) is 4.02. The minimum Gasteiger partial charge on any atom is -0.465 e. The van der Waals surface area contributed by atoms with E-state index in [0.29, 0.717) is 5.92 Å². The van der Waals surface area contributed by atoms with Crippen LogP contribution in [0, 0.1) is 13.8 Å². The fraction of sp³-hybridized carbons (Fsp3) is 0.533. The first kappa shape index (κ1) is 13.1. The molecule has 0 amide bonds. The van der Waals surface area contributed by atoms with Crippen molar-refractivity contribution in [3.63, 3.8) is 0 Å². The average Bonchev–Trinajstić information content (AvgIpc) is 2.38. The van der Waals surface area contributed by atoms with Crippen LogP contribution in [0.4, 0.5) is 0 Å². The predicted octanol–water partition coefficient (Wildman–Crippen LogP) is 2.56. The molecule has 3 nitrogen and oxygen atoms in total. The standard InChI is InChI=1S/C15H21NO2/c1-10-8-13(12-4-6-16-7-5-12)9-11(2)14(10)15(17)18-3/h8-9,12,16H,4-7H2,1-3H3. The largest absolute Gasteiger partial charge is 0.465 e. The van der Waals surface area contributed by atoms with Crippen LogP contribution in [-0.4, -0.2) is 26.2 Å². The number of piperidine rings is 1. The zero-order valence-corrected chi connectivity index (χ0v) is 11.4. The van der Waals surface area contributed by atoms with Crippen LogP contribution in [0.1, 0.15) is 45.8 Å². The summed E-state index contributed by atoms with van der Waals surface area (Å²) in [6, 6.07) is 4.30. The van der Waals surface area contributed by atoms with Gasteiger partial charge in [-0.05, 0) is 62.4 Å². The van der Waals surface area contributed by atoms with Crippen molar-refractivity contribution in [3.05, 3.63) is 34.4 Å². The van der Waals surface area contributed by atoms with E-state index in [1.165, 1.54) is 25.5 Å². The van der Waals surface area contributed by atoms with E-state index < -0.39 is 0 Å². The summed E-state index contributed by atoms with van der Waals surface area (Å²) < 4.78 is 4.83. The van der Waals surface area contributed by atoms with Gasteiger partial charge in [-0.1, -0.05) is 12.1 Å². The zero-order chi connectivity index (χ0) is 13.1. The fourth-order valence-electron chi connectivity index (χ4n) is 2.81. The maximum atomic E-state index is 11.7. The number of ether oxygens (including phenoxy) is 1. The summed E-state index contributed by atoms with van der Waals surface area (Å²) in [6.45, 7) is 6.15. The Balaban J connectivity index is 2.32. The molecule has 1 heterocycles. The number of carbonyl (C=O) groups is 1. The van der Waals surface area contributed by atoms with Gasteiger partial charge in [-0.3, -0.25) is 0 Å². The van der Waals surface area contributed by atoms with Crippen molar-refractivity contribution in [2.24, 2.45) is 0 Å². The molecular weight excluding hydrogens is 226 g/mol. The van der Waals surface area contributed by atoms with Crippen molar-refractivity contribution in [2.45, 2.75) is 32.6 Å². The van der Waals surface area contributed by atoms with Crippen molar-refractivity contribution in [1.82, 2.24) is 5.32 Å². The summed E-state index contributed by atoms with van der Waals surface area (Å²) >= 11 is 0. The molecule has 1 N–H and O–H groups in total. The lowest BCUT2D eigenvalue weighted by atomic mass is 9.87. The number of carbonyl (C=O) groups excluding carboxylic acids is 1. The van der Waals surface area contributed by atoms with E-state index >= 15 is 0 Å². The highest BCUT2D eigenvalue weighted by Crippen LogP contribution is 2.28. The highest BCUT2D eigenvalue weighted by Gasteiger charge is 2.19. The molecule has 0 saturated carbocycles. The van der Waals surface area contributed by atoms with Crippen LogP contribution in [-0.2, 0) is 4.74 Å². The van der Waals surface area contributed by atoms with Crippen LogP contribution in [0.2, 0.25) is 0 Å². The maximum Gasteiger partial charge on any atom is 0.338 e. The highest BCUT2D eigenvalue weighted by atomic mass is 16.5. The molecule has 2 rings (SSSR count). The number of rotatable bonds is 2. The van der Waals surface area contributed by atoms with Gasteiger partial charge in [-0.25, -0.2) is 4.79 Å². The molecule has 98 valence electrons. The number of hydrogen-bond acceptors (Lipinski definition) is 3. The Morgan fingerprint density at radius 3 is 2.28 bits per heavy atom. The molecule has 1 aromatic rings. The molecule has 0 bridgehead atoms. The van der Waals surface area contributed by atoms with E-state index in [1.54, 1.807) is 0 Å². The van der Waals surface area contributed by atoms with Crippen molar-refractivity contribution >= 4 is 5.97 Å². The summed E-state index contributed by atoms with van der Waals surface area (Å²) in [5, 5.41) is 3.38. The van der Waals surface area contributed by atoms with Gasteiger partial charge in [0.1, 0.15) is 0 Å². The molecule has 1 aromatic carbocycles. The SMILES string of the molecule is COC(=O)c1c(C)cc(C2CCNCC2)cc1C. The molecule has 18 heavy (non-hydrogen) atoms. The van der Waals surface area contributed by atoms with E-state index in [9.17, 15) is 4.79 Å². The third kappa shape index (κ3) is 2.56. The predicted molar refractivity (Wildman–Crippen MR) is 72.1 cm³/mol. The molecule has 0 radical (unpaired) electrons. The van der Waals surface area contributed by atoms with Crippen LogP contribution >= 0.6 is 0 Å². The van der Waals surface area contributed by atoms with Gasteiger partial charge in [0.15, 0.2) is 0 Å². The second-order valence-corrected chi connectivity index (χ2v) is 5.05. The number of methoxy groups -OCH3 is 1. The maximum absolute atomic E-state index is 11.7. The van der Waals surface area contributed by atoms with Gasteiger partial charge in [-0.2, -0.15) is 0 Å². The number of benzene rings is 1. The van der Waals surface area contributed by atoms with Gasteiger partial charge >= 0.3 is 5.97 Å². The van der Waals surface area contributed by atoms with Crippen LogP contribution in [0.15, 0.2) is 12.1 Å². The Bertz CT molecular complexity index is 425. The lowest BCUT2D eigenvalue weighted by Gasteiger charge is -2.24. The van der Waals surface area contributed by atoms with Crippen LogP contribution in [0.25, 0.3) is 0 Å². The molecule has 1 fully saturated rings. The van der Waals surface area contributed by atoms with Gasteiger partial charge in [0, 0.05) is 0 Å². The molecule has 1 aliphatic rings. The van der Waals surface area contributed by atoms with E-state index in [2.05, 4.69) is 17.4 Å². The summed E-state index contributed by atoms with van der Waals surface area (Å²) in [5.41, 5.74) is 4.13.